The van der Waals surface area contributed by atoms with Gasteiger partial charge in [0.1, 0.15) is 5.82 Å². The van der Waals surface area contributed by atoms with Crippen LogP contribution in [0.1, 0.15) is 39.6 Å². The molecule has 0 bridgehead atoms. The zero-order valence-electron chi connectivity index (χ0n) is 13.5. The van der Waals surface area contributed by atoms with E-state index in [1.54, 1.807) is 30.3 Å². The maximum atomic E-state index is 13.5. The molecule has 2 rings (SSSR count). The Hall–Kier alpha value is -2.69. The minimum absolute atomic E-state index is 0.0259. The van der Waals surface area contributed by atoms with Crippen molar-refractivity contribution in [3.8, 4) is 0 Å². The lowest BCUT2D eigenvalue weighted by atomic mass is 10.1. The van der Waals surface area contributed by atoms with Crippen LogP contribution in [0.2, 0.25) is 0 Å². The van der Waals surface area contributed by atoms with Crippen LogP contribution in [0, 0.1) is 5.82 Å². The van der Waals surface area contributed by atoms with Gasteiger partial charge >= 0.3 is 11.9 Å². The van der Waals surface area contributed by atoms with Crippen LogP contribution in [0.25, 0.3) is 0 Å². The molecule has 0 N–H and O–H groups in total. The molecular weight excluding hydrogens is 311 g/mol. The van der Waals surface area contributed by atoms with Gasteiger partial charge in [-0.25, -0.2) is 14.0 Å². The molecule has 0 aliphatic rings. The van der Waals surface area contributed by atoms with Crippen LogP contribution in [0.15, 0.2) is 48.5 Å². The molecule has 0 spiro atoms. The van der Waals surface area contributed by atoms with E-state index in [0.29, 0.717) is 12.0 Å². The van der Waals surface area contributed by atoms with Gasteiger partial charge in [-0.05, 0) is 30.2 Å². The van der Waals surface area contributed by atoms with E-state index in [9.17, 15) is 14.0 Å². The van der Waals surface area contributed by atoms with Crippen LogP contribution >= 0.6 is 0 Å². The lowest BCUT2D eigenvalue weighted by Crippen LogP contribution is -2.15. The Kier molecular flexibility index (Phi) is 6.49. The highest BCUT2D eigenvalue weighted by atomic mass is 19.1. The van der Waals surface area contributed by atoms with Gasteiger partial charge in [0.2, 0.25) is 0 Å². The Balaban J connectivity index is 2.00. The van der Waals surface area contributed by atoms with E-state index in [-0.39, 0.29) is 36.6 Å². The highest BCUT2D eigenvalue weighted by molar-refractivity contribution is 6.03. The van der Waals surface area contributed by atoms with E-state index in [1.807, 2.05) is 6.92 Å². The highest BCUT2D eigenvalue weighted by Gasteiger charge is 2.18. The number of rotatable bonds is 7. The number of hydrogen-bond acceptors (Lipinski definition) is 4. The molecule has 126 valence electrons. The summed E-state index contributed by atoms with van der Waals surface area (Å²) in [6.07, 6.45) is 0.960. The summed E-state index contributed by atoms with van der Waals surface area (Å²) in [5.41, 5.74) is 0.787. The predicted molar refractivity (Wildman–Crippen MR) is 87.4 cm³/mol. The second kappa shape index (κ2) is 8.82. The molecular formula is C19H19FO4. The van der Waals surface area contributed by atoms with Crippen molar-refractivity contribution in [1.29, 1.82) is 0 Å². The van der Waals surface area contributed by atoms with Crippen LogP contribution < -0.4 is 0 Å². The number of carbonyl (C=O) groups is 2. The van der Waals surface area contributed by atoms with Gasteiger partial charge in [-0.3, -0.25) is 0 Å². The van der Waals surface area contributed by atoms with E-state index in [2.05, 4.69) is 0 Å². The van der Waals surface area contributed by atoms with Crippen molar-refractivity contribution in [1.82, 2.24) is 0 Å². The Morgan fingerprint density at radius 2 is 1.42 bits per heavy atom. The van der Waals surface area contributed by atoms with E-state index in [0.717, 1.165) is 0 Å². The second-order valence-electron chi connectivity index (χ2n) is 5.16. The first-order chi connectivity index (χ1) is 11.6. The van der Waals surface area contributed by atoms with Crippen molar-refractivity contribution in [2.45, 2.75) is 19.8 Å². The predicted octanol–water partition coefficient (Wildman–Crippen LogP) is 3.79. The second-order valence-corrected chi connectivity index (χ2v) is 5.16. The first kappa shape index (κ1) is 17.7. The Morgan fingerprint density at radius 3 is 2.00 bits per heavy atom. The van der Waals surface area contributed by atoms with Crippen LogP contribution in [0.4, 0.5) is 4.39 Å². The molecule has 0 amide bonds. The number of esters is 2. The van der Waals surface area contributed by atoms with Crippen LogP contribution in [0.5, 0.6) is 0 Å². The van der Waals surface area contributed by atoms with E-state index in [4.69, 9.17) is 9.47 Å². The molecule has 0 heterocycles. The molecule has 0 atom stereocenters. The summed E-state index contributed by atoms with van der Waals surface area (Å²) in [4.78, 5) is 24.2. The van der Waals surface area contributed by atoms with Gasteiger partial charge in [0.05, 0.1) is 24.3 Å². The third-order valence-corrected chi connectivity index (χ3v) is 3.37. The number of benzene rings is 2. The topological polar surface area (TPSA) is 52.6 Å². The quantitative estimate of drug-likeness (QED) is 0.725. The van der Waals surface area contributed by atoms with Crippen molar-refractivity contribution in [3.63, 3.8) is 0 Å². The average molecular weight is 330 g/mol. The Morgan fingerprint density at radius 1 is 0.875 bits per heavy atom. The zero-order valence-corrected chi connectivity index (χ0v) is 13.5. The maximum Gasteiger partial charge on any atom is 0.339 e. The average Bonchev–Trinajstić information content (AvgIpc) is 2.61. The fraction of sp³-hybridized carbons (Fsp3) is 0.263. The summed E-state index contributed by atoms with van der Waals surface area (Å²) < 4.78 is 23.8. The maximum absolute atomic E-state index is 13.5. The fourth-order valence-electron chi connectivity index (χ4n) is 2.14. The number of halogens is 1. The standard InChI is InChI=1S/C19H19FO4/c1-2-12-23-18(21)15-8-4-5-9-16(15)19(22)24-13-11-14-7-3-6-10-17(14)20/h3-10H,2,11-13H2,1H3. The lowest BCUT2D eigenvalue weighted by Gasteiger charge is -2.09. The van der Waals surface area contributed by atoms with Gasteiger partial charge in [-0.15, -0.1) is 0 Å². The van der Waals surface area contributed by atoms with E-state index in [1.165, 1.54) is 18.2 Å². The summed E-state index contributed by atoms with van der Waals surface area (Å²) in [5.74, 6) is -1.52. The Bertz CT molecular complexity index is 712. The van der Waals surface area contributed by atoms with Gasteiger partial charge < -0.3 is 9.47 Å². The number of ether oxygens (including phenoxy) is 2. The molecule has 0 aliphatic heterocycles. The zero-order chi connectivity index (χ0) is 17.4. The smallest absolute Gasteiger partial charge is 0.339 e. The van der Waals surface area contributed by atoms with Crippen LogP contribution in [-0.2, 0) is 15.9 Å². The highest BCUT2D eigenvalue weighted by Crippen LogP contribution is 2.13. The van der Waals surface area contributed by atoms with Gasteiger partial charge in [0.15, 0.2) is 0 Å². The van der Waals surface area contributed by atoms with Gasteiger partial charge in [-0.1, -0.05) is 37.3 Å². The SMILES string of the molecule is CCCOC(=O)c1ccccc1C(=O)OCCc1ccccc1F. The molecule has 2 aromatic carbocycles. The number of hydrogen-bond donors (Lipinski definition) is 0. The monoisotopic (exact) mass is 330 g/mol. The van der Waals surface area contributed by atoms with E-state index >= 15 is 0 Å². The molecule has 5 heteroatoms. The molecule has 24 heavy (non-hydrogen) atoms. The molecule has 4 nitrogen and oxygen atoms in total. The van der Waals surface area contributed by atoms with Gasteiger partial charge in [-0.2, -0.15) is 0 Å². The van der Waals surface area contributed by atoms with Crippen LogP contribution in [-0.4, -0.2) is 25.2 Å². The molecule has 0 fully saturated rings. The summed E-state index contributed by atoms with van der Waals surface area (Å²) in [7, 11) is 0. The third-order valence-electron chi connectivity index (χ3n) is 3.37. The van der Waals surface area contributed by atoms with Gasteiger partial charge in [0, 0.05) is 6.42 Å². The summed E-state index contributed by atoms with van der Waals surface area (Å²) >= 11 is 0. The summed E-state index contributed by atoms with van der Waals surface area (Å²) in [6, 6.07) is 12.6. The molecule has 0 aromatic heterocycles. The lowest BCUT2D eigenvalue weighted by molar-refractivity contribution is 0.0459. The normalized spacial score (nSPS) is 10.2. The molecule has 0 saturated carbocycles. The molecule has 0 saturated heterocycles. The molecule has 0 unspecified atom stereocenters. The van der Waals surface area contributed by atoms with Crippen molar-refractivity contribution in [2.24, 2.45) is 0 Å². The van der Waals surface area contributed by atoms with Crippen molar-refractivity contribution < 1.29 is 23.5 Å². The minimum Gasteiger partial charge on any atom is -0.462 e. The van der Waals surface area contributed by atoms with E-state index < -0.39 is 11.9 Å². The van der Waals surface area contributed by atoms with Crippen molar-refractivity contribution in [2.75, 3.05) is 13.2 Å². The first-order valence-electron chi connectivity index (χ1n) is 7.80. The van der Waals surface area contributed by atoms with Gasteiger partial charge in [0.25, 0.3) is 0 Å². The summed E-state index contributed by atoms with van der Waals surface area (Å²) in [5, 5.41) is 0. The minimum atomic E-state index is -0.629. The Labute approximate surface area is 140 Å². The molecule has 0 aliphatic carbocycles. The van der Waals surface area contributed by atoms with Crippen molar-refractivity contribution in [3.05, 3.63) is 71.0 Å². The first-order valence-corrected chi connectivity index (χ1v) is 7.80. The molecule has 2 aromatic rings. The third kappa shape index (κ3) is 4.65. The molecule has 0 radical (unpaired) electrons. The summed E-state index contributed by atoms with van der Waals surface area (Å²) in [6.45, 7) is 2.20. The van der Waals surface area contributed by atoms with Crippen LogP contribution in [0.3, 0.4) is 0 Å². The number of carbonyl (C=O) groups excluding carboxylic acids is 2. The van der Waals surface area contributed by atoms with Crippen molar-refractivity contribution >= 4 is 11.9 Å². The largest absolute Gasteiger partial charge is 0.462 e. The fourth-order valence-corrected chi connectivity index (χ4v) is 2.14.